The standard InChI is InChI=1S/C11H7FN2O2S/c12-8-5-9(14(15)16)7-11(6-8)17-10-1-3-13-4-2-10/h1-7H. The number of nitrogens with zero attached hydrogens (tertiary/aromatic N) is 2. The first kappa shape index (κ1) is 11.5. The topological polar surface area (TPSA) is 56.0 Å². The van der Waals surface area contributed by atoms with Gasteiger partial charge in [0.15, 0.2) is 0 Å². The molecule has 0 saturated heterocycles. The molecule has 0 bridgehead atoms. The highest BCUT2D eigenvalue weighted by Gasteiger charge is 2.10. The van der Waals surface area contributed by atoms with Gasteiger partial charge in [-0.2, -0.15) is 0 Å². The summed E-state index contributed by atoms with van der Waals surface area (Å²) >= 11 is 1.25. The molecule has 2 aromatic rings. The van der Waals surface area contributed by atoms with Crippen LogP contribution in [0.25, 0.3) is 0 Å². The maximum atomic E-state index is 13.2. The minimum Gasteiger partial charge on any atom is -0.265 e. The van der Waals surface area contributed by atoms with Crippen LogP contribution in [0.1, 0.15) is 0 Å². The molecule has 86 valence electrons. The number of halogens is 1. The monoisotopic (exact) mass is 250 g/mol. The Morgan fingerprint density at radius 1 is 1.18 bits per heavy atom. The van der Waals surface area contributed by atoms with Crippen LogP contribution in [0.5, 0.6) is 0 Å². The van der Waals surface area contributed by atoms with Crippen LogP contribution in [-0.2, 0) is 0 Å². The zero-order chi connectivity index (χ0) is 12.3. The summed E-state index contributed by atoms with van der Waals surface area (Å²) in [6.07, 6.45) is 3.21. The quantitative estimate of drug-likeness (QED) is 0.619. The molecule has 0 aliphatic rings. The molecule has 0 unspecified atom stereocenters. The number of non-ortho nitro benzene ring substituents is 1. The van der Waals surface area contributed by atoms with Crippen LogP contribution in [0.2, 0.25) is 0 Å². The van der Waals surface area contributed by atoms with E-state index in [9.17, 15) is 14.5 Å². The number of benzene rings is 1. The Balaban J connectivity index is 2.30. The molecular weight excluding hydrogens is 243 g/mol. The van der Waals surface area contributed by atoms with Gasteiger partial charge in [-0.15, -0.1) is 0 Å². The fraction of sp³-hybridized carbons (Fsp3) is 0. The average molecular weight is 250 g/mol. The molecule has 0 atom stereocenters. The van der Waals surface area contributed by atoms with Crippen LogP contribution in [-0.4, -0.2) is 9.91 Å². The van der Waals surface area contributed by atoms with Gasteiger partial charge in [0, 0.05) is 28.3 Å². The van der Waals surface area contributed by atoms with Crippen LogP contribution >= 0.6 is 11.8 Å². The second-order valence-corrected chi connectivity index (χ2v) is 4.33. The van der Waals surface area contributed by atoms with Crippen molar-refractivity contribution in [2.45, 2.75) is 9.79 Å². The molecular formula is C11H7FN2O2S. The van der Waals surface area contributed by atoms with Gasteiger partial charge in [0.1, 0.15) is 5.82 Å². The Morgan fingerprint density at radius 2 is 1.88 bits per heavy atom. The first-order valence-electron chi connectivity index (χ1n) is 4.68. The van der Waals surface area contributed by atoms with E-state index in [1.165, 1.54) is 23.9 Å². The molecule has 6 heteroatoms. The largest absolute Gasteiger partial charge is 0.273 e. The highest BCUT2D eigenvalue weighted by Crippen LogP contribution is 2.30. The van der Waals surface area contributed by atoms with E-state index < -0.39 is 10.7 Å². The van der Waals surface area contributed by atoms with E-state index in [0.717, 1.165) is 11.0 Å². The van der Waals surface area contributed by atoms with Gasteiger partial charge in [0.2, 0.25) is 0 Å². The van der Waals surface area contributed by atoms with Crippen molar-refractivity contribution in [3.05, 3.63) is 58.7 Å². The molecule has 0 N–H and O–H groups in total. The maximum Gasteiger partial charge on any atom is 0.273 e. The third kappa shape index (κ3) is 3.01. The summed E-state index contributed by atoms with van der Waals surface area (Å²) in [5.41, 5.74) is -0.249. The van der Waals surface area contributed by atoms with Crippen molar-refractivity contribution >= 4 is 17.4 Å². The second-order valence-electron chi connectivity index (χ2n) is 3.19. The minimum absolute atomic E-state index is 0.249. The van der Waals surface area contributed by atoms with Crippen molar-refractivity contribution in [3.63, 3.8) is 0 Å². The van der Waals surface area contributed by atoms with Crippen LogP contribution in [0, 0.1) is 15.9 Å². The van der Waals surface area contributed by atoms with Gasteiger partial charge < -0.3 is 0 Å². The fourth-order valence-corrected chi connectivity index (χ4v) is 2.14. The van der Waals surface area contributed by atoms with Crippen molar-refractivity contribution in [3.8, 4) is 0 Å². The third-order valence-electron chi connectivity index (χ3n) is 1.95. The van der Waals surface area contributed by atoms with Gasteiger partial charge in [0.05, 0.1) is 11.0 Å². The molecule has 0 radical (unpaired) electrons. The van der Waals surface area contributed by atoms with Gasteiger partial charge in [-0.25, -0.2) is 4.39 Å². The SMILES string of the molecule is O=[N+]([O-])c1cc(F)cc(Sc2ccncc2)c1. The summed E-state index contributed by atoms with van der Waals surface area (Å²) in [5.74, 6) is -0.615. The molecule has 0 aliphatic heterocycles. The van der Waals surface area contributed by atoms with Crippen LogP contribution in [0.3, 0.4) is 0 Å². The summed E-state index contributed by atoms with van der Waals surface area (Å²) in [6, 6.07) is 7.01. The second kappa shape index (κ2) is 4.92. The molecule has 0 fully saturated rings. The molecule has 17 heavy (non-hydrogen) atoms. The number of pyridine rings is 1. The minimum atomic E-state index is -0.615. The number of nitro benzene ring substituents is 1. The lowest BCUT2D eigenvalue weighted by Crippen LogP contribution is -1.89. The van der Waals surface area contributed by atoms with E-state index in [4.69, 9.17) is 0 Å². The Labute approximate surface area is 101 Å². The van der Waals surface area contributed by atoms with E-state index in [2.05, 4.69) is 4.98 Å². The summed E-state index contributed by atoms with van der Waals surface area (Å²) in [5, 5.41) is 10.6. The normalized spacial score (nSPS) is 10.2. The lowest BCUT2D eigenvalue weighted by atomic mass is 10.3. The number of hydrogen-bond donors (Lipinski definition) is 0. The molecule has 0 aliphatic carbocycles. The summed E-state index contributed by atoms with van der Waals surface area (Å²) in [4.78, 5) is 15.2. The number of rotatable bonds is 3. The summed E-state index contributed by atoms with van der Waals surface area (Å²) < 4.78 is 13.2. The Hall–Kier alpha value is -1.95. The van der Waals surface area contributed by atoms with E-state index in [-0.39, 0.29) is 5.69 Å². The summed E-state index contributed by atoms with van der Waals surface area (Å²) in [7, 11) is 0. The van der Waals surface area contributed by atoms with Crippen molar-refractivity contribution < 1.29 is 9.31 Å². The third-order valence-corrected chi connectivity index (χ3v) is 2.93. The lowest BCUT2D eigenvalue weighted by Gasteiger charge is -2.01. The van der Waals surface area contributed by atoms with Crippen LogP contribution < -0.4 is 0 Å². The predicted octanol–water partition coefficient (Wildman–Crippen LogP) is 3.28. The van der Waals surface area contributed by atoms with Gasteiger partial charge in [0.25, 0.3) is 5.69 Å². The highest BCUT2D eigenvalue weighted by molar-refractivity contribution is 7.99. The van der Waals surface area contributed by atoms with E-state index in [1.807, 2.05) is 0 Å². The van der Waals surface area contributed by atoms with Crippen molar-refractivity contribution in [2.75, 3.05) is 0 Å². The fourth-order valence-electron chi connectivity index (χ4n) is 1.25. The molecule has 1 heterocycles. The van der Waals surface area contributed by atoms with Crippen molar-refractivity contribution in [1.82, 2.24) is 4.98 Å². The van der Waals surface area contributed by atoms with Crippen molar-refractivity contribution in [1.29, 1.82) is 0 Å². The molecule has 4 nitrogen and oxygen atoms in total. The molecule has 1 aromatic heterocycles. The lowest BCUT2D eigenvalue weighted by molar-refractivity contribution is -0.385. The first-order valence-corrected chi connectivity index (χ1v) is 5.49. The van der Waals surface area contributed by atoms with Crippen molar-refractivity contribution in [2.24, 2.45) is 0 Å². The molecule has 0 saturated carbocycles. The van der Waals surface area contributed by atoms with E-state index in [1.54, 1.807) is 24.5 Å². The molecule has 0 amide bonds. The molecule has 0 spiro atoms. The van der Waals surface area contributed by atoms with Gasteiger partial charge in [-0.1, -0.05) is 11.8 Å². The molecule has 2 rings (SSSR count). The predicted molar refractivity (Wildman–Crippen MR) is 61.4 cm³/mol. The van der Waals surface area contributed by atoms with Gasteiger partial charge >= 0.3 is 0 Å². The first-order chi connectivity index (χ1) is 8.15. The number of hydrogen-bond acceptors (Lipinski definition) is 4. The van der Waals surface area contributed by atoms with Crippen LogP contribution in [0.4, 0.5) is 10.1 Å². The van der Waals surface area contributed by atoms with E-state index in [0.29, 0.717) is 4.90 Å². The Morgan fingerprint density at radius 3 is 2.53 bits per heavy atom. The summed E-state index contributed by atoms with van der Waals surface area (Å²) in [6.45, 7) is 0. The van der Waals surface area contributed by atoms with Gasteiger partial charge in [-0.05, 0) is 18.2 Å². The smallest absolute Gasteiger partial charge is 0.265 e. The average Bonchev–Trinajstić information content (AvgIpc) is 2.29. The van der Waals surface area contributed by atoms with Crippen LogP contribution in [0.15, 0.2) is 52.5 Å². The number of aromatic nitrogens is 1. The molecule has 1 aromatic carbocycles. The van der Waals surface area contributed by atoms with Gasteiger partial charge in [-0.3, -0.25) is 15.1 Å². The maximum absolute atomic E-state index is 13.2. The zero-order valence-corrected chi connectivity index (χ0v) is 9.36. The Kier molecular flexibility index (Phi) is 3.34. The zero-order valence-electron chi connectivity index (χ0n) is 8.54. The number of nitro groups is 1. The Bertz CT molecular complexity index is 548. The highest BCUT2D eigenvalue weighted by atomic mass is 32.2. The van der Waals surface area contributed by atoms with E-state index >= 15 is 0 Å².